The fourth-order valence-electron chi connectivity index (χ4n) is 2.62. The molecule has 25 heavy (non-hydrogen) atoms. The van der Waals surface area contributed by atoms with Gasteiger partial charge in [0.2, 0.25) is 0 Å². The third-order valence-electron chi connectivity index (χ3n) is 4.14. The largest absolute Gasteiger partial charge is 0.496 e. The Morgan fingerprint density at radius 1 is 1.08 bits per heavy atom. The van der Waals surface area contributed by atoms with E-state index in [1.807, 2.05) is 48.5 Å². The fourth-order valence-corrected chi connectivity index (χ4v) is 2.62. The molecule has 2 aromatic carbocycles. The van der Waals surface area contributed by atoms with Gasteiger partial charge in [-0.05, 0) is 29.2 Å². The minimum Gasteiger partial charge on any atom is -0.496 e. The maximum absolute atomic E-state index is 11.9. The molecule has 0 spiro atoms. The Hall–Kier alpha value is -2.53. The van der Waals surface area contributed by atoms with Crippen LogP contribution in [-0.2, 0) is 13.0 Å². The fraction of sp³-hybridized carbons (Fsp3) is 0.350. The zero-order valence-corrected chi connectivity index (χ0v) is 14.8. The smallest absolute Gasteiger partial charge is 0.314 e. The molecule has 0 aliphatic rings. The number of nitrogens with one attached hydrogen (secondary N) is 2. The lowest BCUT2D eigenvalue weighted by atomic mass is 10.0. The Bertz CT molecular complexity index is 671. The van der Waals surface area contributed by atoms with Crippen molar-refractivity contribution in [1.82, 2.24) is 10.6 Å². The maximum atomic E-state index is 11.9. The monoisotopic (exact) mass is 342 g/mol. The highest BCUT2D eigenvalue weighted by Crippen LogP contribution is 2.25. The van der Waals surface area contributed by atoms with Crippen molar-refractivity contribution in [2.75, 3.05) is 20.2 Å². The molecule has 0 aliphatic heterocycles. The van der Waals surface area contributed by atoms with Gasteiger partial charge in [0.05, 0.1) is 13.7 Å². The molecule has 0 aliphatic carbocycles. The van der Waals surface area contributed by atoms with Crippen LogP contribution in [0.25, 0.3) is 0 Å². The molecule has 1 atom stereocenters. The summed E-state index contributed by atoms with van der Waals surface area (Å²) in [6.45, 7) is 3.21. The number of methoxy groups -OCH3 is 1. The molecule has 1 unspecified atom stereocenters. The lowest BCUT2D eigenvalue weighted by Crippen LogP contribution is -2.38. The Labute approximate surface area is 149 Å². The molecular weight excluding hydrogens is 316 g/mol. The Morgan fingerprint density at radius 3 is 2.44 bits per heavy atom. The summed E-state index contributed by atoms with van der Waals surface area (Å²) in [6, 6.07) is 15.4. The number of benzene rings is 2. The molecule has 0 fully saturated rings. The van der Waals surface area contributed by atoms with E-state index in [1.54, 1.807) is 7.11 Å². The summed E-state index contributed by atoms with van der Waals surface area (Å²) in [5.74, 6) is 0.997. The standard InChI is InChI=1S/C20H26N2O3/c1-15(18-5-3-4-6-19(18)25-2)13-22-20(24)21-12-11-16-7-9-17(14-23)10-8-16/h3-10,15,23H,11-14H2,1-2H3,(H2,21,22,24). The highest BCUT2D eigenvalue weighted by atomic mass is 16.5. The molecule has 5 heteroatoms. The van der Waals surface area contributed by atoms with Crippen LogP contribution in [0.4, 0.5) is 4.79 Å². The van der Waals surface area contributed by atoms with Crippen LogP contribution < -0.4 is 15.4 Å². The van der Waals surface area contributed by atoms with Gasteiger partial charge in [-0.25, -0.2) is 4.79 Å². The van der Waals surface area contributed by atoms with Gasteiger partial charge in [0.25, 0.3) is 0 Å². The molecule has 134 valence electrons. The van der Waals surface area contributed by atoms with Gasteiger partial charge in [-0.3, -0.25) is 0 Å². The summed E-state index contributed by atoms with van der Waals surface area (Å²) in [5.41, 5.74) is 3.09. The highest BCUT2D eigenvalue weighted by Gasteiger charge is 2.11. The molecule has 0 radical (unpaired) electrons. The van der Waals surface area contributed by atoms with E-state index >= 15 is 0 Å². The Kier molecular flexibility index (Phi) is 7.29. The molecule has 0 heterocycles. The molecule has 0 saturated carbocycles. The van der Waals surface area contributed by atoms with Crippen LogP contribution in [0.15, 0.2) is 48.5 Å². The predicted molar refractivity (Wildman–Crippen MR) is 98.9 cm³/mol. The number of hydrogen-bond acceptors (Lipinski definition) is 3. The number of aliphatic hydroxyl groups is 1. The second-order valence-corrected chi connectivity index (χ2v) is 6.00. The van der Waals surface area contributed by atoms with E-state index in [9.17, 15) is 4.79 Å². The van der Waals surface area contributed by atoms with Gasteiger partial charge in [-0.15, -0.1) is 0 Å². The molecule has 2 rings (SSSR count). The third kappa shape index (κ3) is 5.80. The summed E-state index contributed by atoms with van der Waals surface area (Å²) >= 11 is 0. The van der Waals surface area contributed by atoms with E-state index in [0.29, 0.717) is 13.1 Å². The third-order valence-corrected chi connectivity index (χ3v) is 4.14. The van der Waals surface area contributed by atoms with E-state index in [-0.39, 0.29) is 18.6 Å². The van der Waals surface area contributed by atoms with Crippen molar-refractivity contribution >= 4 is 6.03 Å². The highest BCUT2D eigenvalue weighted by molar-refractivity contribution is 5.73. The molecule has 0 bridgehead atoms. The topological polar surface area (TPSA) is 70.6 Å². The van der Waals surface area contributed by atoms with Gasteiger partial charge in [-0.2, -0.15) is 0 Å². The molecular formula is C20H26N2O3. The van der Waals surface area contributed by atoms with Crippen LogP contribution in [0.3, 0.4) is 0 Å². The quantitative estimate of drug-likeness (QED) is 0.691. The average Bonchev–Trinajstić information content (AvgIpc) is 2.66. The van der Waals surface area contributed by atoms with Gasteiger partial charge >= 0.3 is 6.03 Å². The lowest BCUT2D eigenvalue weighted by molar-refractivity contribution is 0.240. The first kappa shape index (κ1) is 18.8. The summed E-state index contributed by atoms with van der Waals surface area (Å²) in [6.07, 6.45) is 0.751. The van der Waals surface area contributed by atoms with Crippen LogP contribution in [0, 0.1) is 0 Å². The van der Waals surface area contributed by atoms with Gasteiger partial charge in [0.1, 0.15) is 5.75 Å². The van der Waals surface area contributed by atoms with Gasteiger partial charge in [0, 0.05) is 19.0 Å². The number of urea groups is 1. The first-order chi connectivity index (χ1) is 12.1. The zero-order chi connectivity index (χ0) is 18.1. The molecule has 3 N–H and O–H groups in total. The van der Waals surface area contributed by atoms with Crippen LogP contribution in [0.2, 0.25) is 0 Å². The van der Waals surface area contributed by atoms with E-state index < -0.39 is 0 Å². The van der Waals surface area contributed by atoms with E-state index in [4.69, 9.17) is 9.84 Å². The average molecular weight is 342 g/mol. The number of carbonyl (C=O) groups excluding carboxylic acids is 1. The lowest BCUT2D eigenvalue weighted by Gasteiger charge is -2.16. The van der Waals surface area contributed by atoms with Gasteiger partial charge < -0.3 is 20.5 Å². The van der Waals surface area contributed by atoms with Crippen molar-refractivity contribution in [3.8, 4) is 5.75 Å². The number of carbonyl (C=O) groups is 1. The van der Waals surface area contributed by atoms with Gasteiger partial charge in [0.15, 0.2) is 0 Å². The summed E-state index contributed by atoms with van der Waals surface area (Å²) < 4.78 is 5.36. The molecule has 0 saturated heterocycles. The van der Waals surface area contributed by atoms with Crippen molar-refractivity contribution in [1.29, 1.82) is 0 Å². The first-order valence-electron chi connectivity index (χ1n) is 8.47. The number of rotatable bonds is 8. The molecule has 0 aromatic heterocycles. The SMILES string of the molecule is COc1ccccc1C(C)CNC(=O)NCCc1ccc(CO)cc1. The van der Waals surface area contributed by atoms with Crippen LogP contribution in [-0.4, -0.2) is 31.3 Å². The van der Waals surface area contributed by atoms with Crippen LogP contribution in [0.5, 0.6) is 5.75 Å². The molecule has 2 aromatic rings. The Morgan fingerprint density at radius 2 is 1.76 bits per heavy atom. The molecule has 2 amide bonds. The van der Waals surface area contributed by atoms with E-state index in [2.05, 4.69) is 17.6 Å². The Balaban J connectivity index is 1.72. The van der Waals surface area contributed by atoms with Crippen molar-refractivity contribution in [2.45, 2.75) is 25.9 Å². The second-order valence-electron chi connectivity index (χ2n) is 6.00. The predicted octanol–water partition coefficient (Wildman–Crippen LogP) is 2.83. The van der Waals surface area contributed by atoms with Gasteiger partial charge in [-0.1, -0.05) is 49.4 Å². The second kappa shape index (κ2) is 9.69. The summed E-state index contributed by atoms with van der Waals surface area (Å²) in [7, 11) is 1.65. The van der Waals surface area contributed by atoms with Crippen LogP contribution in [0.1, 0.15) is 29.5 Å². The van der Waals surface area contributed by atoms with Crippen molar-refractivity contribution in [2.24, 2.45) is 0 Å². The van der Waals surface area contributed by atoms with Crippen molar-refractivity contribution in [3.05, 3.63) is 65.2 Å². The number of amides is 2. The minimum atomic E-state index is -0.172. The number of ether oxygens (including phenoxy) is 1. The zero-order valence-electron chi connectivity index (χ0n) is 14.8. The van der Waals surface area contributed by atoms with E-state index in [1.165, 1.54) is 0 Å². The summed E-state index contributed by atoms with van der Waals surface area (Å²) in [5, 5.41) is 14.8. The normalized spacial score (nSPS) is 11.6. The maximum Gasteiger partial charge on any atom is 0.314 e. The van der Waals surface area contributed by atoms with Crippen molar-refractivity contribution in [3.63, 3.8) is 0 Å². The number of para-hydroxylation sites is 1. The summed E-state index contributed by atoms with van der Waals surface area (Å²) in [4.78, 5) is 11.9. The van der Waals surface area contributed by atoms with Crippen molar-refractivity contribution < 1.29 is 14.6 Å². The number of aliphatic hydroxyl groups excluding tert-OH is 1. The van der Waals surface area contributed by atoms with E-state index in [0.717, 1.165) is 28.9 Å². The van der Waals surface area contributed by atoms with Crippen LogP contribution >= 0.6 is 0 Å². The molecule has 5 nitrogen and oxygen atoms in total. The number of hydrogen-bond donors (Lipinski definition) is 3. The minimum absolute atomic E-state index is 0.0469. The first-order valence-corrected chi connectivity index (χ1v) is 8.47.